The minimum Gasteiger partial charge on any atom is -0.367 e. The first-order valence-corrected chi connectivity index (χ1v) is 3.36. The van der Waals surface area contributed by atoms with Crippen molar-refractivity contribution in [3.05, 3.63) is 24.0 Å². The molecular formula is C7H10F2N2. The highest BCUT2D eigenvalue weighted by molar-refractivity contribution is 5.15. The molecule has 0 fully saturated rings. The molecule has 4 heteroatoms. The zero-order valence-electron chi connectivity index (χ0n) is 5.93. The maximum atomic E-state index is 12.2. The molecule has 1 aromatic rings. The quantitative estimate of drug-likeness (QED) is 0.688. The van der Waals surface area contributed by atoms with Crippen LogP contribution < -0.4 is 5.73 Å². The largest absolute Gasteiger partial charge is 0.367 e. The Balaban J connectivity index is 2.71. The molecule has 1 atom stereocenters. The highest BCUT2D eigenvalue weighted by Crippen LogP contribution is 2.20. The lowest BCUT2D eigenvalue weighted by molar-refractivity contribution is 0.117. The van der Waals surface area contributed by atoms with Gasteiger partial charge in [0.05, 0.1) is 5.92 Å². The van der Waals surface area contributed by atoms with Crippen LogP contribution >= 0.6 is 0 Å². The van der Waals surface area contributed by atoms with Crippen LogP contribution in [0, 0.1) is 0 Å². The van der Waals surface area contributed by atoms with E-state index in [-0.39, 0.29) is 6.54 Å². The Morgan fingerprint density at radius 3 is 2.64 bits per heavy atom. The van der Waals surface area contributed by atoms with E-state index in [9.17, 15) is 8.78 Å². The molecule has 0 aliphatic heterocycles. The van der Waals surface area contributed by atoms with Gasteiger partial charge in [0.25, 0.3) is 0 Å². The molecule has 1 unspecified atom stereocenters. The summed E-state index contributed by atoms with van der Waals surface area (Å²) in [6.07, 6.45) is 0.778. The third-order valence-electron chi connectivity index (χ3n) is 1.61. The van der Waals surface area contributed by atoms with Gasteiger partial charge in [-0.15, -0.1) is 0 Å². The molecule has 1 aromatic heterocycles. The van der Waals surface area contributed by atoms with Crippen molar-refractivity contribution in [2.75, 3.05) is 6.54 Å². The van der Waals surface area contributed by atoms with E-state index in [1.54, 1.807) is 18.5 Å². The van der Waals surface area contributed by atoms with E-state index in [1.165, 1.54) is 0 Å². The van der Waals surface area contributed by atoms with Crippen molar-refractivity contribution in [1.82, 2.24) is 4.98 Å². The summed E-state index contributed by atoms with van der Waals surface area (Å²) >= 11 is 0. The van der Waals surface area contributed by atoms with Gasteiger partial charge >= 0.3 is 0 Å². The van der Waals surface area contributed by atoms with Gasteiger partial charge in [-0.05, 0) is 11.6 Å². The zero-order chi connectivity index (χ0) is 8.27. The highest BCUT2D eigenvalue weighted by atomic mass is 19.3. The monoisotopic (exact) mass is 160 g/mol. The fourth-order valence-corrected chi connectivity index (χ4v) is 0.952. The molecule has 1 rings (SSSR count). The lowest BCUT2D eigenvalue weighted by Crippen LogP contribution is -2.18. The van der Waals surface area contributed by atoms with Gasteiger partial charge in [-0.25, -0.2) is 8.78 Å². The van der Waals surface area contributed by atoms with Gasteiger partial charge in [0.2, 0.25) is 6.43 Å². The smallest absolute Gasteiger partial charge is 0.246 e. The second-order valence-corrected chi connectivity index (χ2v) is 2.32. The second-order valence-electron chi connectivity index (χ2n) is 2.32. The predicted octanol–water partition coefficient (Wildman–Crippen LogP) is 1.32. The third kappa shape index (κ3) is 1.77. The Morgan fingerprint density at radius 2 is 2.27 bits per heavy atom. The van der Waals surface area contributed by atoms with Crippen LogP contribution in [0.5, 0.6) is 0 Å². The summed E-state index contributed by atoms with van der Waals surface area (Å²) in [4.78, 5) is 2.71. The second kappa shape index (κ2) is 3.48. The average Bonchev–Trinajstić information content (AvgIpc) is 2.40. The number of nitrogens with two attached hydrogens (primary N) is 1. The number of alkyl halides is 2. The fourth-order valence-electron chi connectivity index (χ4n) is 0.952. The van der Waals surface area contributed by atoms with Crippen molar-refractivity contribution >= 4 is 0 Å². The topological polar surface area (TPSA) is 41.8 Å². The Labute approximate surface area is 63.4 Å². The number of nitrogens with one attached hydrogen (secondary N) is 1. The van der Waals surface area contributed by atoms with Gasteiger partial charge in [0, 0.05) is 18.9 Å². The molecule has 0 radical (unpaired) electrons. The summed E-state index contributed by atoms with van der Waals surface area (Å²) in [5.74, 6) is -0.832. The molecule has 0 saturated carbocycles. The van der Waals surface area contributed by atoms with E-state index < -0.39 is 12.3 Å². The SMILES string of the molecule is NCC(c1cc[nH]c1)C(F)F. The van der Waals surface area contributed by atoms with Crippen molar-refractivity contribution in [2.45, 2.75) is 12.3 Å². The minimum atomic E-state index is -2.38. The number of aromatic nitrogens is 1. The average molecular weight is 160 g/mol. The number of aromatic amines is 1. The molecule has 0 aliphatic carbocycles. The first kappa shape index (κ1) is 8.20. The molecule has 1 heterocycles. The molecule has 11 heavy (non-hydrogen) atoms. The van der Waals surface area contributed by atoms with Crippen molar-refractivity contribution in [3.8, 4) is 0 Å². The molecule has 0 spiro atoms. The van der Waals surface area contributed by atoms with E-state index in [4.69, 9.17) is 5.73 Å². The summed E-state index contributed by atoms with van der Waals surface area (Å²) in [6.45, 7) is -0.0183. The van der Waals surface area contributed by atoms with Gasteiger partial charge in [0.15, 0.2) is 0 Å². The molecule has 0 aliphatic rings. The number of hydrogen-bond donors (Lipinski definition) is 2. The minimum absolute atomic E-state index is 0.0183. The van der Waals surface area contributed by atoms with Gasteiger partial charge < -0.3 is 10.7 Å². The van der Waals surface area contributed by atoms with Crippen molar-refractivity contribution in [2.24, 2.45) is 5.73 Å². The van der Waals surface area contributed by atoms with Crippen molar-refractivity contribution < 1.29 is 8.78 Å². The number of H-pyrrole nitrogens is 1. The lowest BCUT2D eigenvalue weighted by atomic mass is 10.0. The van der Waals surface area contributed by atoms with Crippen LogP contribution in [-0.2, 0) is 0 Å². The maximum Gasteiger partial charge on any atom is 0.246 e. The van der Waals surface area contributed by atoms with Crippen molar-refractivity contribution in [3.63, 3.8) is 0 Å². The van der Waals surface area contributed by atoms with Gasteiger partial charge in [-0.1, -0.05) is 0 Å². The van der Waals surface area contributed by atoms with Gasteiger partial charge in [-0.3, -0.25) is 0 Å². The van der Waals surface area contributed by atoms with E-state index in [2.05, 4.69) is 4.98 Å². The predicted molar refractivity (Wildman–Crippen MR) is 38.6 cm³/mol. The van der Waals surface area contributed by atoms with Crippen LogP contribution in [0.25, 0.3) is 0 Å². The van der Waals surface area contributed by atoms with E-state index in [1.807, 2.05) is 0 Å². The molecule has 0 amide bonds. The molecule has 3 N–H and O–H groups in total. The highest BCUT2D eigenvalue weighted by Gasteiger charge is 2.20. The molecule has 62 valence electrons. The first-order chi connectivity index (χ1) is 5.25. The Hall–Kier alpha value is -0.900. The number of rotatable bonds is 3. The van der Waals surface area contributed by atoms with Crippen LogP contribution in [0.2, 0.25) is 0 Å². The summed E-state index contributed by atoms with van der Waals surface area (Å²) in [5.41, 5.74) is 5.74. The Kier molecular flexibility index (Phi) is 2.59. The zero-order valence-corrected chi connectivity index (χ0v) is 5.93. The maximum absolute atomic E-state index is 12.2. The van der Waals surface area contributed by atoms with Crippen molar-refractivity contribution in [1.29, 1.82) is 0 Å². The molecular weight excluding hydrogens is 150 g/mol. The van der Waals surface area contributed by atoms with Crippen LogP contribution in [0.3, 0.4) is 0 Å². The molecule has 0 bridgehead atoms. The first-order valence-electron chi connectivity index (χ1n) is 3.36. The summed E-state index contributed by atoms with van der Waals surface area (Å²) < 4.78 is 24.3. The lowest BCUT2D eigenvalue weighted by Gasteiger charge is -2.10. The van der Waals surface area contributed by atoms with E-state index in [0.29, 0.717) is 5.56 Å². The van der Waals surface area contributed by atoms with Gasteiger partial charge in [0.1, 0.15) is 0 Å². The summed E-state index contributed by atoms with van der Waals surface area (Å²) in [5, 5.41) is 0. The van der Waals surface area contributed by atoms with E-state index in [0.717, 1.165) is 0 Å². The normalized spacial score (nSPS) is 13.8. The fraction of sp³-hybridized carbons (Fsp3) is 0.429. The van der Waals surface area contributed by atoms with Crippen LogP contribution in [0.15, 0.2) is 18.5 Å². The number of halogens is 2. The molecule has 2 nitrogen and oxygen atoms in total. The Bertz CT molecular complexity index is 196. The summed E-state index contributed by atoms with van der Waals surface area (Å²) in [6, 6.07) is 1.61. The van der Waals surface area contributed by atoms with Crippen LogP contribution in [0.4, 0.5) is 8.78 Å². The number of hydrogen-bond acceptors (Lipinski definition) is 1. The van der Waals surface area contributed by atoms with Crippen LogP contribution in [-0.4, -0.2) is 18.0 Å². The Morgan fingerprint density at radius 1 is 1.55 bits per heavy atom. The summed E-state index contributed by atoms with van der Waals surface area (Å²) in [7, 11) is 0. The van der Waals surface area contributed by atoms with Gasteiger partial charge in [-0.2, -0.15) is 0 Å². The molecule has 0 saturated heterocycles. The van der Waals surface area contributed by atoms with E-state index >= 15 is 0 Å². The van der Waals surface area contributed by atoms with Crippen LogP contribution in [0.1, 0.15) is 11.5 Å². The molecule has 0 aromatic carbocycles. The third-order valence-corrected chi connectivity index (χ3v) is 1.61. The standard InChI is InChI=1S/C7H10F2N2/c8-7(9)6(3-10)5-1-2-11-4-5/h1-2,4,6-7,11H,3,10H2.